The first-order valence-electron chi connectivity index (χ1n) is 5.46. The van der Waals surface area contributed by atoms with Crippen molar-refractivity contribution in [2.45, 2.75) is 32.7 Å². The van der Waals surface area contributed by atoms with Crippen LogP contribution >= 0.6 is 0 Å². The van der Waals surface area contributed by atoms with Crippen molar-refractivity contribution in [3.8, 4) is 0 Å². The van der Waals surface area contributed by atoms with Crippen LogP contribution in [-0.2, 0) is 14.2 Å². The minimum absolute atomic E-state index is 0.151. The summed E-state index contributed by atoms with van der Waals surface area (Å²) in [6.07, 6.45) is 0.780. The second-order valence-electron chi connectivity index (χ2n) is 4.10. The number of oxazole rings is 1. The van der Waals surface area contributed by atoms with Gasteiger partial charge >= 0.3 is 5.97 Å². The molecule has 6 nitrogen and oxygen atoms in total. The zero-order valence-electron chi connectivity index (χ0n) is 10.1. The van der Waals surface area contributed by atoms with E-state index >= 15 is 0 Å². The Balaban J connectivity index is 2.17. The Bertz CT molecular complexity index is 412. The number of hydrogen-bond acceptors (Lipinski definition) is 6. The lowest BCUT2D eigenvalue weighted by Gasteiger charge is -2.16. The van der Waals surface area contributed by atoms with Crippen LogP contribution in [0.5, 0.6) is 0 Å². The van der Waals surface area contributed by atoms with E-state index in [0.29, 0.717) is 19.0 Å². The van der Waals surface area contributed by atoms with Crippen molar-refractivity contribution in [1.82, 2.24) is 4.98 Å². The molecule has 0 amide bonds. The molecule has 1 aromatic heterocycles. The van der Waals surface area contributed by atoms with Gasteiger partial charge < -0.3 is 18.6 Å². The van der Waals surface area contributed by atoms with Gasteiger partial charge in [-0.3, -0.25) is 0 Å². The van der Waals surface area contributed by atoms with Crippen molar-refractivity contribution in [2.24, 2.45) is 0 Å². The molecule has 1 aromatic rings. The predicted molar refractivity (Wildman–Crippen MR) is 56.3 cm³/mol. The van der Waals surface area contributed by atoms with Crippen molar-refractivity contribution in [2.75, 3.05) is 13.2 Å². The zero-order chi connectivity index (χ0) is 12.5. The highest BCUT2D eigenvalue weighted by Crippen LogP contribution is 2.34. The van der Waals surface area contributed by atoms with Gasteiger partial charge in [0.05, 0.1) is 13.2 Å². The fourth-order valence-corrected chi connectivity index (χ4v) is 1.65. The summed E-state index contributed by atoms with van der Waals surface area (Å²) in [6.45, 7) is 5.95. The fourth-order valence-electron chi connectivity index (χ4n) is 1.65. The number of carbonyl (C=O) groups is 1. The van der Waals surface area contributed by atoms with Gasteiger partial charge in [-0.1, -0.05) is 0 Å². The molecule has 0 unspecified atom stereocenters. The standard InChI is InChI=1S/C11H15NO5/c1-4-14-10(13)8-9(15-6-12-8)7-5-16-11(2,3)17-7/h6-7H,4-5H2,1-3H3/t7-/m0/s1. The topological polar surface area (TPSA) is 70.8 Å². The van der Waals surface area contributed by atoms with Crippen LogP contribution in [0.25, 0.3) is 0 Å². The van der Waals surface area contributed by atoms with Gasteiger partial charge in [-0.25, -0.2) is 9.78 Å². The highest BCUT2D eigenvalue weighted by atomic mass is 16.7. The predicted octanol–water partition coefficient (Wildman–Crippen LogP) is 1.68. The molecule has 0 aromatic carbocycles. The Morgan fingerprint density at radius 3 is 3.00 bits per heavy atom. The number of esters is 1. The van der Waals surface area contributed by atoms with Gasteiger partial charge in [0.25, 0.3) is 0 Å². The summed E-state index contributed by atoms with van der Waals surface area (Å²) < 4.78 is 21.1. The van der Waals surface area contributed by atoms with E-state index in [1.807, 2.05) is 0 Å². The van der Waals surface area contributed by atoms with Crippen LogP contribution in [0.4, 0.5) is 0 Å². The average Bonchev–Trinajstić information content (AvgIpc) is 2.84. The number of nitrogens with zero attached hydrogens (tertiary/aromatic N) is 1. The molecular weight excluding hydrogens is 226 g/mol. The first-order chi connectivity index (χ1) is 8.03. The van der Waals surface area contributed by atoms with Crippen LogP contribution in [0.15, 0.2) is 10.8 Å². The van der Waals surface area contributed by atoms with Crippen LogP contribution in [0.1, 0.15) is 43.1 Å². The SMILES string of the molecule is CCOC(=O)c1ncoc1[C@@H]1COC(C)(C)O1. The molecule has 1 fully saturated rings. The lowest BCUT2D eigenvalue weighted by Crippen LogP contribution is -2.20. The fraction of sp³-hybridized carbons (Fsp3) is 0.636. The number of carbonyl (C=O) groups excluding carboxylic acids is 1. The molecular formula is C11H15NO5. The maximum atomic E-state index is 11.6. The smallest absolute Gasteiger partial charge is 0.360 e. The van der Waals surface area contributed by atoms with Crippen LogP contribution in [0.2, 0.25) is 0 Å². The molecule has 1 atom stereocenters. The van der Waals surface area contributed by atoms with Gasteiger partial charge in [0, 0.05) is 0 Å². The van der Waals surface area contributed by atoms with Gasteiger partial charge in [0.1, 0.15) is 6.10 Å². The molecule has 0 saturated carbocycles. The summed E-state index contributed by atoms with van der Waals surface area (Å²) in [6, 6.07) is 0. The third kappa shape index (κ3) is 2.48. The van der Waals surface area contributed by atoms with E-state index in [0.717, 1.165) is 0 Å². The molecule has 0 spiro atoms. The Kier molecular flexibility index (Phi) is 3.17. The van der Waals surface area contributed by atoms with Crippen molar-refractivity contribution in [3.63, 3.8) is 0 Å². The molecule has 1 aliphatic rings. The molecule has 94 valence electrons. The van der Waals surface area contributed by atoms with Crippen LogP contribution < -0.4 is 0 Å². The second kappa shape index (κ2) is 4.46. The maximum Gasteiger partial charge on any atom is 0.360 e. The zero-order valence-corrected chi connectivity index (χ0v) is 10.1. The average molecular weight is 241 g/mol. The Labute approximate surface area is 98.9 Å². The lowest BCUT2D eigenvalue weighted by molar-refractivity contribution is -0.141. The van der Waals surface area contributed by atoms with E-state index in [4.69, 9.17) is 18.6 Å². The van der Waals surface area contributed by atoms with E-state index in [1.54, 1.807) is 20.8 Å². The number of ether oxygens (including phenoxy) is 3. The molecule has 0 bridgehead atoms. The first kappa shape index (κ1) is 12.1. The molecule has 17 heavy (non-hydrogen) atoms. The molecule has 2 heterocycles. The van der Waals surface area contributed by atoms with Gasteiger partial charge in [-0.05, 0) is 20.8 Å². The largest absolute Gasteiger partial charge is 0.461 e. The van der Waals surface area contributed by atoms with E-state index in [9.17, 15) is 4.79 Å². The van der Waals surface area contributed by atoms with Crippen LogP contribution in [0.3, 0.4) is 0 Å². The monoisotopic (exact) mass is 241 g/mol. The van der Waals surface area contributed by atoms with Gasteiger partial charge in [-0.2, -0.15) is 0 Å². The van der Waals surface area contributed by atoms with Crippen molar-refractivity contribution < 1.29 is 23.4 Å². The normalized spacial score (nSPS) is 22.6. The van der Waals surface area contributed by atoms with Crippen molar-refractivity contribution in [1.29, 1.82) is 0 Å². The molecule has 6 heteroatoms. The third-order valence-corrected chi connectivity index (χ3v) is 2.36. The Morgan fingerprint density at radius 1 is 1.65 bits per heavy atom. The molecule has 0 radical (unpaired) electrons. The first-order valence-corrected chi connectivity index (χ1v) is 5.46. The van der Waals surface area contributed by atoms with Gasteiger partial charge in [-0.15, -0.1) is 0 Å². The van der Waals surface area contributed by atoms with Gasteiger partial charge in [0.15, 0.2) is 23.6 Å². The lowest BCUT2D eigenvalue weighted by atomic mass is 10.2. The van der Waals surface area contributed by atoms with E-state index < -0.39 is 17.9 Å². The molecule has 1 saturated heterocycles. The minimum atomic E-state index is -0.677. The maximum absolute atomic E-state index is 11.6. The number of rotatable bonds is 3. The Morgan fingerprint density at radius 2 is 2.41 bits per heavy atom. The summed E-state index contributed by atoms with van der Waals surface area (Å²) >= 11 is 0. The minimum Gasteiger partial charge on any atom is -0.461 e. The van der Waals surface area contributed by atoms with E-state index in [-0.39, 0.29) is 5.69 Å². The van der Waals surface area contributed by atoms with Crippen molar-refractivity contribution >= 4 is 5.97 Å². The van der Waals surface area contributed by atoms with Crippen LogP contribution in [-0.4, -0.2) is 30.0 Å². The van der Waals surface area contributed by atoms with Crippen molar-refractivity contribution in [3.05, 3.63) is 17.8 Å². The molecule has 0 N–H and O–H groups in total. The van der Waals surface area contributed by atoms with Gasteiger partial charge in [0.2, 0.25) is 0 Å². The second-order valence-corrected chi connectivity index (χ2v) is 4.10. The summed E-state index contributed by atoms with van der Waals surface area (Å²) in [7, 11) is 0. The summed E-state index contributed by atoms with van der Waals surface area (Å²) in [5.74, 6) is -0.831. The Hall–Kier alpha value is -1.40. The highest BCUT2D eigenvalue weighted by Gasteiger charge is 2.38. The third-order valence-electron chi connectivity index (χ3n) is 2.36. The van der Waals surface area contributed by atoms with Crippen LogP contribution in [0, 0.1) is 0 Å². The van der Waals surface area contributed by atoms with E-state index in [1.165, 1.54) is 6.39 Å². The molecule has 2 rings (SSSR count). The molecule has 0 aliphatic carbocycles. The summed E-state index contributed by atoms with van der Waals surface area (Å²) in [5, 5.41) is 0. The number of aromatic nitrogens is 1. The number of hydrogen-bond donors (Lipinski definition) is 0. The summed E-state index contributed by atoms with van der Waals surface area (Å²) in [5.41, 5.74) is 0.151. The van der Waals surface area contributed by atoms with E-state index in [2.05, 4.69) is 4.98 Å². The highest BCUT2D eigenvalue weighted by molar-refractivity contribution is 5.88. The molecule has 1 aliphatic heterocycles. The quantitative estimate of drug-likeness (QED) is 0.750. The summed E-state index contributed by atoms with van der Waals surface area (Å²) in [4.78, 5) is 15.5.